The molecule has 174 valence electrons. The summed E-state index contributed by atoms with van der Waals surface area (Å²) in [4.78, 5) is 12.8. The third-order valence-electron chi connectivity index (χ3n) is 5.49. The molecule has 0 spiro atoms. The lowest BCUT2D eigenvalue weighted by atomic mass is 10.1. The Morgan fingerprint density at radius 3 is 2.18 bits per heavy atom. The lowest BCUT2D eigenvalue weighted by molar-refractivity contribution is -0.122. The van der Waals surface area contributed by atoms with Crippen LogP contribution in [0.15, 0.2) is 65.6 Å². The topological polar surface area (TPSA) is 84.5 Å². The van der Waals surface area contributed by atoms with Crippen LogP contribution in [0.5, 0.6) is 5.75 Å². The zero-order chi connectivity index (χ0) is 24.2. The first kappa shape index (κ1) is 24.3. The van der Waals surface area contributed by atoms with Crippen LogP contribution >= 0.6 is 0 Å². The summed E-state index contributed by atoms with van der Waals surface area (Å²) < 4.78 is 34.1. The fourth-order valence-corrected chi connectivity index (χ4v) is 4.39. The lowest BCUT2D eigenvalue weighted by Gasteiger charge is -2.18. The number of nitrogens with one attached hydrogen (secondary N) is 2. The van der Waals surface area contributed by atoms with Crippen LogP contribution in [0.25, 0.3) is 0 Å². The van der Waals surface area contributed by atoms with E-state index in [1.54, 1.807) is 18.2 Å². The van der Waals surface area contributed by atoms with Crippen molar-refractivity contribution >= 4 is 27.3 Å². The fraction of sp³-hybridized carbons (Fsp3) is 0.269. The molecule has 0 aromatic heterocycles. The van der Waals surface area contributed by atoms with E-state index < -0.39 is 16.1 Å². The predicted octanol–water partition coefficient (Wildman–Crippen LogP) is 5.52. The van der Waals surface area contributed by atoms with Gasteiger partial charge in [-0.3, -0.25) is 9.52 Å². The van der Waals surface area contributed by atoms with Crippen molar-refractivity contribution in [2.24, 2.45) is 0 Å². The molecule has 6 nitrogen and oxygen atoms in total. The van der Waals surface area contributed by atoms with Crippen LogP contribution in [0, 0.1) is 27.7 Å². The smallest absolute Gasteiger partial charge is 0.265 e. The minimum absolute atomic E-state index is 0.111. The number of amides is 1. The van der Waals surface area contributed by atoms with Crippen molar-refractivity contribution in [3.05, 3.63) is 82.9 Å². The van der Waals surface area contributed by atoms with Crippen LogP contribution in [0.1, 0.15) is 35.6 Å². The molecule has 0 aliphatic carbocycles. The Hall–Kier alpha value is -3.32. The lowest BCUT2D eigenvalue weighted by Crippen LogP contribution is -2.32. The molecule has 0 bridgehead atoms. The quantitative estimate of drug-likeness (QED) is 0.458. The third kappa shape index (κ3) is 6.14. The van der Waals surface area contributed by atoms with E-state index in [0.29, 0.717) is 23.5 Å². The summed E-state index contributed by atoms with van der Waals surface area (Å²) in [7, 11) is -3.75. The van der Waals surface area contributed by atoms with Gasteiger partial charge in [-0.2, -0.15) is 0 Å². The maximum atomic E-state index is 12.8. The van der Waals surface area contributed by atoms with Gasteiger partial charge in [0.05, 0.1) is 10.6 Å². The van der Waals surface area contributed by atoms with Crippen LogP contribution in [-0.2, 0) is 14.8 Å². The molecule has 2 N–H and O–H groups in total. The normalized spacial score (nSPS) is 12.2. The van der Waals surface area contributed by atoms with Crippen molar-refractivity contribution in [2.75, 3.05) is 10.0 Å². The van der Waals surface area contributed by atoms with Gasteiger partial charge in [-0.15, -0.1) is 0 Å². The van der Waals surface area contributed by atoms with Gasteiger partial charge in [0.15, 0.2) is 6.10 Å². The first-order chi connectivity index (χ1) is 15.6. The van der Waals surface area contributed by atoms with Gasteiger partial charge < -0.3 is 10.1 Å². The van der Waals surface area contributed by atoms with Gasteiger partial charge in [0, 0.05) is 5.69 Å². The Morgan fingerprint density at radius 1 is 0.879 bits per heavy atom. The van der Waals surface area contributed by atoms with E-state index in [1.165, 1.54) is 12.1 Å². The summed E-state index contributed by atoms with van der Waals surface area (Å²) in [5.41, 5.74) is 5.08. The van der Waals surface area contributed by atoms with Crippen molar-refractivity contribution < 1.29 is 17.9 Å². The van der Waals surface area contributed by atoms with E-state index in [1.807, 2.05) is 65.0 Å². The first-order valence-corrected chi connectivity index (χ1v) is 12.3. The molecule has 0 aliphatic heterocycles. The van der Waals surface area contributed by atoms with Crippen molar-refractivity contribution in [1.82, 2.24) is 0 Å². The number of anilines is 2. The molecule has 3 rings (SSSR count). The first-order valence-electron chi connectivity index (χ1n) is 10.8. The molecule has 1 atom stereocenters. The molecule has 3 aromatic rings. The highest BCUT2D eigenvalue weighted by atomic mass is 32.2. The number of hydrogen-bond donors (Lipinski definition) is 2. The highest BCUT2D eigenvalue weighted by Crippen LogP contribution is 2.23. The van der Waals surface area contributed by atoms with Gasteiger partial charge >= 0.3 is 0 Å². The molecule has 0 heterocycles. The highest BCUT2D eigenvalue weighted by Gasteiger charge is 2.20. The summed E-state index contributed by atoms with van der Waals surface area (Å²) in [6, 6.07) is 17.4. The molecule has 0 radical (unpaired) electrons. The average molecular weight is 467 g/mol. The molecule has 7 heteroatoms. The van der Waals surface area contributed by atoms with Gasteiger partial charge in [-0.25, -0.2) is 8.42 Å². The van der Waals surface area contributed by atoms with E-state index in [0.717, 1.165) is 22.3 Å². The Morgan fingerprint density at radius 2 is 1.55 bits per heavy atom. The maximum Gasteiger partial charge on any atom is 0.265 e. The van der Waals surface area contributed by atoms with E-state index in [-0.39, 0.29) is 10.8 Å². The zero-order valence-corrected chi connectivity index (χ0v) is 20.4. The number of rotatable bonds is 8. The predicted molar refractivity (Wildman–Crippen MR) is 132 cm³/mol. The van der Waals surface area contributed by atoms with Gasteiger partial charge in [-0.05, 0) is 98.8 Å². The molecular weight excluding hydrogens is 436 g/mol. The van der Waals surface area contributed by atoms with Gasteiger partial charge in [0.25, 0.3) is 15.9 Å². The molecule has 0 fully saturated rings. The number of carbonyl (C=O) groups is 1. The van der Waals surface area contributed by atoms with E-state index >= 15 is 0 Å². The minimum atomic E-state index is -3.75. The van der Waals surface area contributed by atoms with Crippen LogP contribution < -0.4 is 14.8 Å². The van der Waals surface area contributed by atoms with Gasteiger partial charge in [0.2, 0.25) is 0 Å². The number of aryl methyl sites for hydroxylation is 4. The monoisotopic (exact) mass is 466 g/mol. The number of carbonyl (C=O) groups excluding carboxylic acids is 1. The van der Waals surface area contributed by atoms with E-state index in [4.69, 9.17) is 4.74 Å². The van der Waals surface area contributed by atoms with Crippen molar-refractivity contribution in [2.45, 2.75) is 52.0 Å². The molecule has 0 saturated carbocycles. The summed E-state index contributed by atoms with van der Waals surface area (Å²) in [6.45, 7) is 9.64. The molecule has 33 heavy (non-hydrogen) atoms. The Kier molecular flexibility index (Phi) is 7.43. The largest absolute Gasteiger partial charge is 0.481 e. The zero-order valence-electron chi connectivity index (χ0n) is 19.6. The number of sulfonamides is 1. The number of benzene rings is 3. The molecular formula is C26H30N2O4S. The molecule has 3 aromatic carbocycles. The second-order valence-electron chi connectivity index (χ2n) is 8.20. The van der Waals surface area contributed by atoms with Crippen LogP contribution in [0.2, 0.25) is 0 Å². The Labute approximate surface area is 196 Å². The van der Waals surface area contributed by atoms with Crippen molar-refractivity contribution in [1.29, 1.82) is 0 Å². The Bertz CT molecular complexity index is 1250. The minimum Gasteiger partial charge on any atom is -0.481 e. The SMILES string of the molecule is CC[C@@H](Oc1ccc(C)c(C)c1)C(=O)Nc1ccc(S(=O)(=O)Nc2cc(C)ccc2C)cc1. The Balaban J connectivity index is 1.69. The fourth-order valence-electron chi connectivity index (χ4n) is 3.26. The van der Waals surface area contributed by atoms with Crippen molar-refractivity contribution in [3.63, 3.8) is 0 Å². The van der Waals surface area contributed by atoms with Crippen LogP contribution in [0.4, 0.5) is 11.4 Å². The highest BCUT2D eigenvalue weighted by molar-refractivity contribution is 7.92. The van der Waals surface area contributed by atoms with Gasteiger partial charge in [0.1, 0.15) is 5.75 Å². The van der Waals surface area contributed by atoms with Gasteiger partial charge in [-0.1, -0.05) is 25.1 Å². The summed E-state index contributed by atoms with van der Waals surface area (Å²) >= 11 is 0. The standard InChI is InChI=1S/C26H30N2O4S/c1-6-25(32-22-12-9-18(3)20(5)16-22)26(29)27-21-10-13-23(14-11-21)33(30,31)28-24-15-17(2)7-8-19(24)4/h7-16,25,28H,6H2,1-5H3,(H,27,29)/t25-/m1/s1. The average Bonchev–Trinajstić information content (AvgIpc) is 2.77. The second-order valence-corrected chi connectivity index (χ2v) is 9.88. The summed E-state index contributed by atoms with van der Waals surface area (Å²) in [5.74, 6) is 0.346. The molecule has 1 amide bonds. The number of ether oxygens (including phenoxy) is 1. The molecule has 0 saturated heterocycles. The van der Waals surface area contributed by atoms with Crippen LogP contribution in [-0.4, -0.2) is 20.4 Å². The summed E-state index contributed by atoms with van der Waals surface area (Å²) in [5, 5.41) is 2.80. The van der Waals surface area contributed by atoms with E-state index in [9.17, 15) is 13.2 Å². The third-order valence-corrected chi connectivity index (χ3v) is 6.87. The maximum absolute atomic E-state index is 12.8. The van der Waals surface area contributed by atoms with E-state index in [2.05, 4.69) is 10.0 Å². The second kappa shape index (κ2) is 10.1. The molecule has 0 aliphatic rings. The van der Waals surface area contributed by atoms with Crippen LogP contribution in [0.3, 0.4) is 0 Å². The summed E-state index contributed by atoms with van der Waals surface area (Å²) in [6.07, 6.45) is -0.174. The van der Waals surface area contributed by atoms with Crippen molar-refractivity contribution in [3.8, 4) is 5.75 Å². The molecule has 0 unspecified atom stereocenters. The number of hydrogen-bond acceptors (Lipinski definition) is 4.